The minimum Gasteiger partial charge on any atom is -0.387 e. The van der Waals surface area contributed by atoms with Gasteiger partial charge in [0, 0.05) is 12.2 Å². The molecule has 0 aliphatic carbocycles. The Balaban J connectivity index is 2.31. The summed E-state index contributed by atoms with van der Waals surface area (Å²) in [5.74, 6) is -0.260. The molecule has 0 fully saturated rings. The average molecular weight is 260 g/mol. The van der Waals surface area contributed by atoms with Crippen LogP contribution >= 0.6 is 0 Å². The van der Waals surface area contributed by atoms with Crippen LogP contribution in [0.3, 0.4) is 0 Å². The van der Waals surface area contributed by atoms with Crippen molar-refractivity contribution in [2.24, 2.45) is 0 Å². The monoisotopic (exact) mass is 260 g/mol. The van der Waals surface area contributed by atoms with Crippen LogP contribution in [0, 0.1) is 5.82 Å². The van der Waals surface area contributed by atoms with Crippen LogP contribution in [0.5, 0.6) is 0 Å². The van der Waals surface area contributed by atoms with Crippen molar-refractivity contribution in [1.29, 1.82) is 0 Å². The van der Waals surface area contributed by atoms with E-state index in [2.05, 4.69) is 4.98 Å². The highest BCUT2D eigenvalue weighted by molar-refractivity contribution is 5.62. The molecule has 1 heterocycles. The fourth-order valence-electron chi connectivity index (χ4n) is 1.96. The zero-order valence-electron chi connectivity index (χ0n) is 11.0. The molecule has 1 atom stereocenters. The fourth-order valence-corrected chi connectivity index (χ4v) is 1.96. The van der Waals surface area contributed by atoms with Crippen molar-refractivity contribution < 1.29 is 9.50 Å². The highest BCUT2D eigenvalue weighted by Gasteiger charge is 2.09. The largest absolute Gasteiger partial charge is 0.387 e. The number of rotatable bonds is 4. The smallest absolute Gasteiger partial charge is 0.125 e. The van der Waals surface area contributed by atoms with Crippen molar-refractivity contribution in [2.75, 3.05) is 11.4 Å². The predicted molar refractivity (Wildman–Crippen MR) is 74.0 cm³/mol. The first-order valence-corrected chi connectivity index (χ1v) is 6.29. The van der Waals surface area contributed by atoms with Crippen molar-refractivity contribution in [3.63, 3.8) is 0 Å². The van der Waals surface area contributed by atoms with Crippen molar-refractivity contribution in [3.05, 3.63) is 54.1 Å². The van der Waals surface area contributed by atoms with E-state index < -0.39 is 6.10 Å². The molecule has 0 saturated heterocycles. The molecular weight excluding hydrogens is 243 g/mol. The summed E-state index contributed by atoms with van der Waals surface area (Å²) in [5, 5.41) is 9.44. The highest BCUT2D eigenvalue weighted by Crippen LogP contribution is 2.25. The molecular formula is C15H17FN2O. The Labute approximate surface area is 112 Å². The molecule has 3 nitrogen and oxygen atoms in total. The summed E-state index contributed by atoms with van der Waals surface area (Å²) in [6.07, 6.45) is 1.11. The Bertz CT molecular complexity index is 540. The number of hydrogen-bond donors (Lipinski definition) is 1. The van der Waals surface area contributed by atoms with Gasteiger partial charge < -0.3 is 10.0 Å². The second-order valence-corrected chi connectivity index (χ2v) is 4.34. The molecule has 0 aliphatic rings. The first-order chi connectivity index (χ1) is 9.11. The minimum absolute atomic E-state index is 0.260. The quantitative estimate of drug-likeness (QED) is 0.915. The van der Waals surface area contributed by atoms with Crippen molar-refractivity contribution in [2.45, 2.75) is 20.0 Å². The van der Waals surface area contributed by atoms with Gasteiger partial charge in [-0.1, -0.05) is 6.07 Å². The second kappa shape index (κ2) is 5.80. The molecule has 1 aromatic heterocycles. The van der Waals surface area contributed by atoms with Gasteiger partial charge in [0.15, 0.2) is 0 Å². The van der Waals surface area contributed by atoms with Gasteiger partial charge in [-0.3, -0.25) is 4.98 Å². The van der Waals surface area contributed by atoms with Gasteiger partial charge in [0.05, 0.1) is 23.7 Å². The third-order valence-corrected chi connectivity index (χ3v) is 2.95. The van der Waals surface area contributed by atoms with Gasteiger partial charge in [0.1, 0.15) is 5.82 Å². The number of hydrogen-bond acceptors (Lipinski definition) is 3. The standard InChI is InChI=1S/C15H17FN2O/c1-3-18(13-6-4-5-12(16)9-13)14-7-8-15(11(2)19)17-10-14/h4-11,19H,3H2,1-2H3/t11-/m0/s1. The van der Waals surface area contributed by atoms with Crippen LogP contribution < -0.4 is 4.90 Å². The maximum atomic E-state index is 13.3. The number of anilines is 2. The number of pyridine rings is 1. The lowest BCUT2D eigenvalue weighted by atomic mass is 10.2. The second-order valence-electron chi connectivity index (χ2n) is 4.34. The van der Waals surface area contributed by atoms with Gasteiger partial charge in [0.25, 0.3) is 0 Å². The van der Waals surface area contributed by atoms with E-state index >= 15 is 0 Å². The summed E-state index contributed by atoms with van der Waals surface area (Å²) in [6.45, 7) is 4.37. The lowest BCUT2D eigenvalue weighted by Crippen LogP contribution is -2.16. The Kier molecular flexibility index (Phi) is 4.12. The molecule has 0 unspecified atom stereocenters. The SMILES string of the molecule is CCN(c1ccc([C@H](C)O)nc1)c1cccc(F)c1. The summed E-state index contributed by atoms with van der Waals surface area (Å²) in [4.78, 5) is 6.17. The van der Waals surface area contributed by atoms with E-state index in [9.17, 15) is 9.50 Å². The summed E-state index contributed by atoms with van der Waals surface area (Å²) in [6, 6.07) is 10.1. The molecule has 19 heavy (non-hydrogen) atoms. The van der Waals surface area contributed by atoms with Crippen LogP contribution in [0.4, 0.5) is 15.8 Å². The maximum absolute atomic E-state index is 13.3. The van der Waals surface area contributed by atoms with Gasteiger partial charge in [-0.2, -0.15) is 0 Å². The number of halogens is 1. The van der Waals surface area contributed by atoms with E-state index in [4.69, 9.17) is 0 Å². The van der Waals surface area contributed by atoms with Gasteiger partial charge in [0.2, 0.25) is 0 Å². The van der Waals surface area contributed by atoms with Crippen LogP contribution in [0.15, 0.2) is 42.6 Å². The van der Waals surface area contributed by atoms with E-state index in [1.54, 1.807) is 25.3 Å². The van der Waals surface area contributed by atoms with Crippen molar-refractivity contribution in [3.8, 4) is 0 Å². The number of aliphatic hydroxyl groups is 1. The number of nitrogens with zero attached hydrogens (tertiary/aromatic N) is 2. The summed E-state index contributed by atoms with van der Waals surface area (Å²) in [7, 11) is 0. The van der Waals surface area contributed by atoms with Gasteiger partial charge in [-0.05, 0) is 44.2 Å². The van der Waals surface area contributed by atoms with E-state index in [0.717, 1.165) is 11.4 Å². The van der Waals surface area contributed by atoms with Crippen LogP contribution in [0.25, 0.3) is 0 Å². The fraction of sp³-hybridized carbons (Fsp3) is 0.267. The number of benzene rings is 1. The first kappa shape index (κ1) is 13.5. The molecule has 2 rings (SSSR count). The predicted octanol–water partition coefficient (Wildman–Crippen LogP) is 3.43. The molecule has 4 heteroatoms. The lowest BCUT2D eigenvalue weighted by Gasteiger charge is -2.23. The molecule has 2 aromatic rings. The van der Waals surface area contributed by atoms with E-state index in [0.29, 0.717) is 12.2 Å². The number of aliphatic hydroxyl groups excluding tert-OH is 1. The average Bonchev–Trinajstić information content (AvgIpc) is 2.40. The Morgan fingerprint density at radius 1 is 1.26 bits per heavy atom. The lowest BCUT2D eigenvalue weighted by molar-refractivity contribution is 0.194. The molecule has 0 bridgehead atoms. The Hall–Kier alpha value is -1.94. The van der Waals surface area contributed by atoms with Crippen molar-refractivity contribution >= 4 is 11.4 Å². The molecule has 0 saturated carbocycles. The molecule has 0 aliphatic heterocycles. The third kappa shape index (κ3) is 3.09. The molecule has 1 aromatic carbocycles. The number of aromatic nitrogens is 1. The molecule has 100 valence electrons. The van der Waals surface area contributed by atoms with Crippen molar-refractivity contribution in [1.82, 2.24) is 4.98 Å². The van der Waals surface area contributed by atoms with Crippen LogP contribution in [0.1, 0.15) is 25.6 Å². The summed E-state index contributed by atoms with van der Waals surface area (Å²) < 4.78 is 13.3. The van der Waals surface area contributed by atoms with Gasteiger partial charge in [-0.25, -0.2) is 4.39 Å². The normalized spacial score (nSPS) is 12.2. The molecule has 1 N–H and O–H groups in total. The maximum Gasteiger partial charge on any atom is 0.125 e. The zero-order chi connectivity index (χ0) is 13.8. The molecule has 0 amide bonds. The summed E-state index contributed by atoms with van der Waals surface area (Å²) in [5.41, 5.74) is 2.28. The van der Waals surface area contributed by atoms with Crippen LogP contribution in [-0.2, 0) is 0 Å². The highest BCUT2D eigenvalue weighted by atomic mass is 19.1. The third-order valence-electron chi connectivity index (χ3n) is 2.95. The summed E-state index contributed by atoms with van der Waals surface area (Å²) >= 11 is 0. The van der Waals surface area contributed by atoms with Gasteiger partial charge >= 0.3 is 0 Å². The zero-order valence-corrected chi connectivity index (χ0v) is 11.0. The van der Waals surface area contributed by atoms with Crippen LogP contribution in [0.2, 0.25) is 0 Å². The Morgan fingerprint density at radius 3 is 2.58 bits per heavy atom. The minimum atomic E-state index is -0.585. The topological polar surface area (TPSA) is 36.4 Å². The first-order valence-electron chi connectivity index (χ1n) is 6.29. The van der Waals surface area contributed by atoms with Crippen LogP contribution in [-0.4, -0.2) is 16.6 Å². The Morgan fingerprint density at radius 2 is 2.05 bits per heavy atom. The van der Waals surface area contributed by atoms with Gasteiger partial charge in [-0.15, -0.1) is 0 Å². The van der Waals surface area contributed by atoms with E-state index in [1.807, 2.05) is 24.0 Å². The van der Waals surface area contributed by atoms with E-state index in [1.165, 1.54) is 12.1 Å². The van der Waals surface area contributed by atoms with E-state index in [-0.39, 0.29) is 5.82 Å². The molecule has 0 radical (unpaired) electrons. The molecule has 0 spiro atoms.